The molecular formula is C19H16N8O2S. The quantitative estimate of drug-likeness (QED) is 0.333. The maximum Gasteiger partial charge on any atom is 0.276 e. The molecule has 11 heteroatoms. The highest BCUT2D eigenvalue weighted by atomic mass is 32.1. The summed E-state index contributed by atoms with van der Waals surface area (Å²) >= 11 is 1.44. The van der Waals surface area contributed by atoms with Crippen molar-refractivity contribution in [2.24, 2.45) is 0 Å². The fourth-order valence-corrected chi connectivity index (χ4v) is 3.84. The first-order valence-corrected chi connectivity index (χ1v) is 9.99. The molecule has 4 heterocycles. The molecule has 0 saturated heterocycles. The summed E-state index contributed by atoms with van der Waals surface area (Å²) in [5.41, 5.74) is 5.86. The molecule has 0 bridgehead atoms. The molecule has 0 aliphatic rings. The molecule has 1 unspecified atom stereocenters. The molecule has 4 N–H and O–H groups in total. The smallest absolute Gasteiger partial charge is 0.276 e. The van der Waals surface area contributed by atoms with E-state index in [1.807, 2.05) is 23.6 Å². The third-order valence-electron chi connectivity index (χ3n) is 4.75. The van der Waals surface area contributed by atoms with Gasteiger partial charge >= 0.3 is 0 Å². The first kappa shape index (κ1) is 18.2. The number of amides is 1. The van der Waals surface area contributed by atoms with Gasteiger partial charge in [-0.1, -0.05) is 6.07 Å². The van der Waals surface area contributed by atoms with Crippen LogP contribution in [0.2, 0.25) is 0 Å². The number of nitrogens with one attached hydrogen (secondary N) is 3. The normalized spacial score (nSPS) is 12.3. The number of aromatic nitrogens is 7. The number of carbonyl (C=O) groups is 1. The first-order chi connectivity index (χ1) is 14.7. The number of benzene rings is 1. The zero-order valence-electron chi connectivity index (χ0n) is 15.5. The summed E-state index contributed by atoms with van der Waals surface area (Å²) < 4.78 is 1.57. The number of carbonyl (C=O) groups excluding carboxylic acids is 1. The molecular weight excluding hydrogens is 404 g/mol. The number of aliphatic hydroxyl groups excluding tert-OH is 1. The van der Waals surface area contributed by atoms with Crippen LogP contribution in [0.3, 0.4) is 0 Å². The maximum absolute atomic E-state index is 12.8. The fraction of sp³-hybridized carbons (Fsp3) is 0.105. The molecule has 10 nitrogen and oxygen atoms in total. The summed E-state index contributed by atoms with van der Waals surface area (Å²) in [5.74, 6) is -0.355. The van der Waals surface area contributed by atoms with Crippen molar-refractivity contribution in [2.75, 3.05) is 11.9 Å². The lowest BCUT2D eigenvalue weighted by molar-refractivity contribution is 0.102. The Kier molecular flexibility index (Phi) is 4.58. The number of hydrogen-bond donors (Lipinski definition) is 4. The molecule has 0 aliphatic carbocycles. The molecule has 0 aliphatic heterocycles. The van der Waals surface area contributed by atoms with Gasteiger partial charge in [0.15, 0.2) is 5.69 Å². The summed E-state index contributed by atoms with van der Waals surface area (Å²) in [7, 11) is 0. The minimum Gasteiger partial charge on any atom is -0.394 e. The van der Waals surface area contributed by atoms with Crippen LogP contribution < -0.4 is 5.32 Å². The zero-order chi connectivity index (χ0) is 20.5. The van der Waals surface area contributed by atoms with Crippen molar-refractivity contribution in [2.45, 2.75) is 6.04 Å². The zero-order valence-corrected chi connectivity index (χ0v) is 16.3. The monoisotopic (exact) mass is 420 g/mol. The molecule has 5 aromatic rings. The van der Waals surface area contributed by atoms with E-state index in [0.29, 0.717) is 11.1 Å². The number of thiazole rings is 1. The van der Waals surface area contributed by atoms with Crippen molar-refractivity contribution >= 4 is 33.8 Å². The largest absolute Gasteiger partial charge is 0.394 e. The van der Waals surface area contributed by atoms with Crippen molar-refractivity contribution in [1.82, 2.24) is 35.2 Å². The second kappa shape index (κ2) is 7.54. The molecule has 0 fully saturated rings. The predicted octanol–water partition coefficient (Wildman–Crippen LogP) is 2.44. The Morgan fingerprint density at radius 1 is 1.30 bits per heavy atom. The molecule has 4 aromatic heterocycles. The Morgan fingerprint density at radius 2 is 2.23 bits per heavy atom. The van der Waals surface area contributed by atoms with E-state index < -0.39 is 6.04 Å². The van der Waals surface area contributed by atoms with E-state index in [1.54, 1.807) is 28.8 Å². The van der Waals surface area contributed by atoms with Gasteiger partial charge in [-0.05, 0) is 17.7 Å². The number of H-pyrrole nitrogens is 2. The summed E-state index contributed by atoms with van der Waals surface area (Å²) in [6, 6.07) is 5.28. The van der Waals surface area contributed by atoms with Gasteiger partial charge in [-0.2, -0.15) is 15.3 Å². The Bertz CT molecular complexity index is 1290. The lowest BCUT2D eigenvalue weighted by Gasteiger charge is -2.11. The van der Waals surface area contributed by atoms with Gasteiger partial charge in [-0.3, -0.25) is 19.7 Å². The fourth-order valence-electron chi connectivity index (χ4n) is 3.24. The topological polar surface area (TPSA) is 137 Å². The van der Waals surface area contributed by atoms with Gasteiger partial charge in [-0.25, -0.2) is 4.98 Å². The number of aliphatic hydroxyl groups is 1. The summed E-state index contributed by atoms with van der Waals surface area (Å²) in [4.78, 5) is 17.0. The van der Waals surface area contributed by atoms with Crippen LogP contribution in [-0.2, 0) is 0 Å². The van der Waals surface area contributed by atoms with E-state index in [-0.39, 0.29) is 18.2 Å². The second-order valence-electron chi connectivity index (χ2n) is 6.59. The lowest BCUT2D eigenvalue weighted by atomic mass is 10.1. The molecule has 1 aromatic carbocycles. The van der Waals surface area contributed by atoms with Crippen LogP contribution in [0.1, 0.15) is 22.2 Å². The van der Waals surface area contributed by atoms with E-state index in [4.69, 9.17) is 0 Å². The van der Waals surface area contributed by atoms with Crippen LogP contribution >= 0.6 is 11.3 Å². The summed E-state index contributed by atoms with van der Waals surface area (Å²) in [6.07, 6.45) is 6.71. The van der Waals surface area contributed by atoms with Crippen molar-refractivity contribution in [3.05, 3.63) is 65.3 Å². The third-order valence-corrected chi connectivity index (χ3v) is 5.36. The Hall–Kier alpha value is -3.83. The van der Waals surface area contributed by atoms with Gasteiger partial charge in [0.2, 0.25) is 0 Å². The molecule has 0 radical (unpaired) electrons. The van der Waals surface area contributed by atoms with Crippen LogP contribution in [0.25, 0.3) is 22.0 Å². The number of nitrogens with zero attached hydrogens (tertiary/aromatic N) is 5. The van der Waals surface area contributed by atoms with E-state index >= 15 is 0 Å². The van der Waals surface area contributed by atoms with Gasteiger partial charge in [0.05, 0.1) is 41.4 Å². The van der Waals surface area contributed by atoms with E-state index in [1.165, 1.54) is 17.5 Å². The molecule has 1 atom stereocenters. The van der Waals surface area contributed by atoms with Gasteiger partial charge in [0, 0.05) is 28.7 Å². The van der Waals surface area contributed by atoms with Gasteiger partial charge < -0.3 is 10.4 Å². The minimum absolute atomic E-state index is 0.151. The second-order valence-corrected chi connectivity index (χ2v) is 7.31. The van der Waals surface area contributed by atoms with Crippen LogP contribution in [0.4, 0.5) is 5.69 Å². The maximum atomic E-state index is 12.8. The number of rotatable bonds is 6. The number of anilines is 1. The Balaban J connectivity index is 1.37. The molecule has 0 spiro atoms. The van der Waals surface area contributed by atoms with Crippen LogP contribution in [0, 0.1) is 0 Å². The highest BCUT2D eigenvalue weighted by molar-refractivity contribution is 7.07. The Labute approximate surface area is 173 Å². The highest BCUT2D eigenvalue weighted by Crippen LogP contribution is 2.25. The van der Waals surface area contributed by atoms with Crippen LogP contribution in [-0.4, -0.2) is 52.8 Å². The van der Waals surface area contributed by atoms with E-state index in [9.17, 15) is 9.90 Å². The number of hydrogen-bond acceptors (Lipinski definition) is 7. The predicted molar refractivity (Wildman–Crippen MR) is 111 cm³/mol. The van der Waals surface area contributed by atoms with Crippen LogP contribution in [0.15, 0.2) is 53.9 Å². The average Bonchev–Trinajstić information content (AvgIpc) is 3.55. The Morgan fingerprint density at radius 3 is 3.00 bits per heavy atom. The average molecular weight is 420 g/mol. The number of fused-ring (bicyclic) bond motifs is 1. The molecule has 0 saturated carbocycles. The standard InChI is InChI=1S/C19H16N8O2S/c28-8-17(16-9-30-10-20-16)27-7-13(6-23-27)24-19(29)18-14-2-1-11(3-15(14)25-26-18)12-4-21-22-5-12/h1-7,9-10,17,28H,8H2,(H,21,22)(H,24,29)(H,25,26). The lowest BCUT2D eigenvalue weighted by Crippen LogP contribution is -2.16. The van der Waals surface area contributed by atoms with Crippen molar-refractivity contribution in [3.63, 3.8) is 0 Å². The highest BCUT2D eigenvalue weighted by Gasteiger charge is 2.19. The summed E-state index contributed by atoms with van der Waals surface area (Å²) in [6.45, 7) is -0.151. The third kappa shape index (κ3) is 3.25. The van der Waals surface area contributed by atoms with Gasteiger partial charge in [0.1, 0.15) is 6.04 Å². The van der Waals surface area contributed by atoms with Gasteiger partial charge in [0.25, 0.3) is 5.91 Å². The van der Waals surface area contributed by atoms with E-state index in [2.05, 4.69) is 35.8 Å². The first-order valence-electron chi connectivity index (χ1n) is 9.04. The van der Waals surface area contributed by atoms with E-state index in [0.717, 1.165) is 22.3 Å². The molecule has 5 rings (SSSR count). The van der Waals surface area contributed by atoms with Crippen molar-refractivity contribution < 1.29 is 9.90 Å². The SMILES string of the molecule is O=C(Nc1cnn(C(CO)c2cscn2)c1)c1n[nH]c2cc(-c3cn[nH]c3)ccc12. The minimum atomic E-state index is -0.408. The molecule has 150 valence electrons. The summed E-state index contributed by atoms with van der Waals surface area (Å²) in [5, 5.41) is 33.1. The van der Waals surface area contributed by atoms with Gasteiger partial charge in [-0.15, -0.1) is 11.3 Å². The molecule has 1 amide bonds. The number of aromatic amines is 2. The van der Waals surface area contributed by atoms with Crippen molar-refractivity contribution in [3.8, 4) is 11.1 Å². The molecule has 30 heavy (non-hydrogen) atoms. The van der Waals surface area contributed by atoms with Crippen LogP contribution in [0.5, 0.6) is 0 Å². The van der Waals surface area contributed by atoms with Crippen molar-refractivity contribution in [1.29, 1.82) is 0 Å².